The first-order valence-electron chi connectivity index (χ1n) is 6.77. The molecule has 6 heteroatoms. The fourth-order valence-corrected chi connectivity index (χ4v) is 4.66. The Hall–Kier alpha value is -0.690. The van der Waals surface area contributed by atoms with E-state index in [-0.39, 0.29) is 5.75 Å². The van der Waals surface area contributed by atoms with E-state index in [9.17, 15) is 13.5 Å². The molecule has 1 aliphatic heterocycles. The third-order valence-corrected chi connectivity index (χ3v) is 6.40. The number of piperidine rings is 1. The molecule has 1 aliphatic rings. The van der Waals surface area contributed by atoms with Crippen molar-refractivity contribution >= 4 is 21.4 Å². The second-order valence-electron chi connectivity index (χ2n) is 5.31. The van der Waals surface area contributed by atoms with Crippen molar-refractivity contribution in [2.45, 2.75) is 31.3 Å². The van der Waals surface area contributed by atoms with Gasteiger partial charge in [0.05, 0.1) is 11.4 Å². The second kappa shape index (κ2) is 6.39. The number of rotatable bonds is 6. The van der Waals surface area contributed by atoms with E-state index in [0.717, 1.165) is 5.56 Å². The number of thiophene rings is 1. The standard InChI is InChI=1S/C14H21NO3S2/c1-2-5-14(16)6-8-15(9-7-14)20(17,18)11-4-13-3-10-19-12-13/h2-3,10,12,16H,1,4-9,11H2. The van der Waals surface area contributed by atoms with Gasteiger partial charge >= 0.3 is 0 Å². The van der Waals surface area contributed by atoms with Gasteiger partial charge in [-0.15, -0.1) is 6.58 Å². The van der Waals surface area contributed by atoms with Crippen LogP contribution in [0.4, 0.5) is 0 Å². The van der Waals surface area contributed by atoms with E-state index in [0.29, 0.717) is 38.8 Å². The third-order valence-electron chi connectivity index (χ3n) is 3.80. The van der Waals surface area contributed by atoms with Gasteiger partial charge in [0.15, 0.2) is 0 Å². The van der Waals surface area contributed by atoms with E-state index < -0.39 is 15.6 Å². The van der Waals surface area contributed by atoms with E-state index >= 15 is 0 Å². The molecule has 0 aromatic carbocycles. The summed E-state index contributed by atoms with van der Waals surface area (Å²) in [4.78, 5) is 0. The summed E-state index contributed by atoms with van der Waals surface area (Å²) in [5, 5.41) is 14.2. The minimum Gasteiger partial charge on any atom is -0.389 e. The molecule has 2 heterocycles. The fraction of sp³-hybridized carbons (Fsp3) is 0.571. The molecule has 1 fully saturated rings. The van der Waals surface area contributed by atoms with Crippen molar-refractivity contribution in [1.82, 2.24) is 4.31 Å². The summed E-state index contributed by atoms with van der Waals surface area (Å²) < 4.78 is 26.1. The van der Waals surface area contributed by atoms with Crippen LogP contribution in [-0.2, 0) is 16.4 Å². The Bertz CT molecular complexity index is 529. The van der Waals surface area contributed by atoms with Gasteiger partial charge < -0.3 is 5.11 Å². The van der Waals surface area contributed by atoms with Gasteiger partial charge in [-0.05, 0) is 48.1 Å². The van der Waals surface area contributed by atoms with Crippen LogP contribution in [-0.4, -0.2) is 42.3 Å². The first kappa shape index (κ1) is 15.7. The van der Waals surface area contributed by atoms with Crippen molar-refractivity contribution in [3.05, 3.63) is 35.0 Å². The summed E-state index contributed by atoms with van der Waals surface area (Å²) in [7, 11) is -3.22. The van der Waals surface area contributed by atoms with E-state index in [4.69, 9.17) is 0 Å². The Morgan fingerprint density at radius 1 is 1.45 bits per heavy atom. The zero-order chi connectivity index (χ0) is 14.6. The minimum absolute atomic E-state index is 0.142. The molecule has 0 saturated carbocycles. The predicted molar refractivity (Wildman–Crippen MR) is 82.4 cm³/mol. The van der Waals surface area contributed by atoms with Gasteiger partial charge in [-0.3, -0.25) is 0 Å². The largest absolute Gasteiger partial charge is 0.389 e. The van der Waals surface area contributed by atoms with Crippen molar-refractivity contribution in [3.63, 3.8) is 0 Å². The SMILES string of the molecule is C=CCC1(O)CCN(S(=O)(=O)CCc2ccsc2)CC1. The Balaban J connectivity index is 1.90. The topological polar surface area (TPSA) is 57.6 Å². The Labute approximate surface area is 124 Å². The zero-order valence-electron chi connectivity index (χ0n) is 11.5. The highest BCUT2D eigenvalue weighted by molar-refractivity contribution is 7.89. The van der Waals surface area contributed by atoms with E-state index in [1.165, 1.54) is 4.31 Å². The van der Waals surface area contributed by atoms with Gasteiger partial charge in [0.1, 0.15) is 0 Å². The van der Waals surface area contributed by atoms with Gasteiger partial charge in [0.2, 0.25) is 10.0 Å². The quantitative estimate of drug-likeness (QED) is 0.817. The van der Waals surface area contributed by atoms with Crippen LogP contribution in [0.3, 0.4) is 0 Å². The molecule has 0 amide bonds. The lowest BCUT2D eigenvalue weighted by atomic mass is 9.89. The maximum Gasteiger partial charge on any atom is 0.214 e. The first-order valence-corrected chi connectivity index (χ1v) is 9.33. The molecule has 1 aromatic rings. The molecule has 0 unspecified atom stereocenters. The number of aliphatic hydroxyl groups is 1. The molecule has 4 nitrogen and oxygen atoms in total. The molecule has 0 radical (unpaired) electrons. The Morgan fingerprint density at radius 3 is 2.70 bits per heavy atom. The Morgan fingerprint density at radius 2 is 2.15 bits per heavy atom. The van der Waals surface area contributed by atoms with Crippen LogP contribution in [0.25, 0.3) is 0 Å². The third kappa shape index (κ3) is 3.91. The number of nitrogens with zero attached hydrogens (tertiary/aromatic N) is 1. The zero-order valence-corrected chi connectivity index (χ0v) is 13.1. The van der Waals surface area contributed by atoms with Gasteiger partial charge in [-0.1, -0.05) is 6.08 Å². The maximum absolute atomic E-state index is 12.3. The van der Waals surface area contributed by atoms with Gasteiger partial charge in [0, 0.05) is 13.1 Å². The Kier molecular flexibility index (Phi) is 5.01. The summed E-state index contributed by atoms with van der Waals surface area (Å²) in [6, 6.07) is 1.96. The number of hydrogen-bond acceptors (Lipinski definition) is 4. The molecule has 0 spiro atoms. The van der Waals surface area contributed by atoms with Crippen LogP contribution in [0.2, 0.25) is 0 Å². The molecule has 0 bridgehead atoms. The van der Waals surface area contributed by atoms with Crippen molar-refractivity contribution < 1.29 is 13.5 Å². The monoisotopic (exact) mass is 315 g/mol. The highest BCUT2D eigenvalue weighted by atomic mass is 32.2. The van der Waals surface area contributed by atoms with Gasteiger partial charge in [-0.25, -0.2) is 12.7 Å². The van der Waals surface area contributed by atoms with Crippen LogP contribution in [0, 0.1) is 0 Å². The van der Waals surface area contributed by atoms with Crippen molar-refractivity contribution in [1.29, 1.82) is 0 Å². The molecular formula is C14H21NO3S2. The normalized spacial score (nSPS) is 19.9. The molecule has 0 atom stereocenters. The fourth-order valence-electron chi connectivity index (χ4n) is 2.46. The molecule has 2 rings (SSSR count). The predicted octanol–water partition coefficient (Wildman–Crippen LogP) is 2.02. The molecule has 1 aromatic heterocycles. The average Bonchev–Trinajstić information content (AvgIpc) is 2.90. The van der Waals surface area contributed by atoms with Crippen LogP contribution < -0.4 is 0 Å². The smallest absolute Gasteiger partial charge is 0.214 e. The lowest BCUT2D eigenvalue weighted by Crippen LogP contribution is -2.47. The summed E-state index contributed by atoms with van der Waals surface area (Å²) in [6.07, 6.45) is 3.74. The van der Waals surface area contributed by atoms with Crippen LogP contribution in [0.1, 0.15) is 24.8 Å². The summed E-state index contributed by atoms with van der Waals surface area (Å²) in [5.74, 6) is 0.142. The first-order chi connectivity index (χ1) is 9.45. The number of sulfonamides is 1. The van der Waals surface area contributed by atoms with Crippen molar-refractivity contribution in [3.8, 4) is 0 Å². The molecule has 0 aliphatic carbocycles. The summed E-state index contributed by atoms with van der Waals surface area (Å²) in [5.41, 5.74) is 0.292. The molecule has 1 saturated heterocycles. The van der Waals surface area contributed by atoms with Crippen LogP contribution >= 0.6 is 11.3 Å². The second-order valence-corrected chi connectivity index (χ2v) is 8.18. The van der Waals surface area contributed by atoms with Crippen LogP contribution in [0.15, 0.2) is 29.5 Å². The molecular weight excluding hydrogens is 294 g/mol. The van der Waals surface area contributed by atoms with E-state index in [2.05, 4.69) is 6.58 Å². The van der Waals surface area contributed by atoms with Gasteiger partial charge in [0.25, 0.3) is 0 Å². The maximum atomic E-state index is 12.3. The summed E-state index contributed by atoms with van der Waals surface area (Å²) in [6.45, 7) is 4.43. The number of hydrogen-bond donors (Lipinski definition) is 1. The van der Waals surface area contributed by atoms with Crippen molar-refractivity contribution in [2.24, 2.45) is 0 Å². The summed E-state index contributed by atoms with van der Waals surface area (Å²) >= 11 is 1.58. The molecule has 1 N–H and O–H groups in total. The van der Waals surface area contributed by atoms with E-state index in [1.807, 2.05) is 16.8 Å². The van der Waals surface area contributed by atoms with E-state index in [1.54, 1.807) is 17.4 Å². The van der Waals surface area contributed by atoms with Gasteiger partial charge in [-0.2, -0.15) is 11.3 Å². The number of aryl methyl sites for hydroxylation is 1. The van der Waals surface area contributed by atoms with Crippen molar-refractivity contribution in [2.75, 3.05) is 18.8 Å². The highest BCUT2D eigenvalue weighted by Gasteiger charge is 2.35. The van der Waals surface area contributed by atoms with Crippen LogP contribution in [0.5, 0.6) is 0 Å². The highest BCUT2D eigenvalue weighted by Crippen LogP contribution is 2.27. The lowest BCUT2D eigenvalue weighted by Gasteiger charge is -2.37. The molecule has 20 heavy (non-hydrogen) atoms. The molecule has 112 valence electrons. The average molecular weight is 315 g/mol. The minimum atomic E-state index is -3.22. The lowest BCUT2D eigenvalue weighted by molar-refractivity contribution is -0.00201.